The molecule has 3 rings (SSSR count). The van der Waals surface area contributed by atoms with Crippen LogP contribution in [0.4, 0.5) is 0 Å². The average molecular weight is 268 g/mol. The minimum Gasteiger partial charge on any atom is -0.394 e. The number of aromatic nitrogens is 4. The number of fused-ring (bicyclic) bond motifs is 1. The summed E-state index contributed by atoms with van der Waals surface area (Å²) in [7, 11) is 0. The van der Waals surface area contributed by atoms with Gasteiger partial charge in [-0.3, -0.25) is 9.89 Å². The molecule has 19 heavy (non-hydrogen) atoms. The molecule has 1 saturated heterocycles. The topological polar surface area (TPSA) is 144 Å². The summed E-state index contributed by atoms with van der Waals surface area (Å²) in [6.45, 7) is -0.439. The van der Waals surface area contributed by atoms with Gasteiger partial charge in [-0.1, -0.05) is 0 Å². The third-order valence-electron chi connectivity index (χ3n) is 3.15. The minimum absolute atomic E-state index is 0.0734. The van der Waals surface area contributed by atoms with E-state index >= 15 is 0 Å². The maximum Gasteiger partial charge on any atom is 0.262 e. The molecule has 0 saturated carbocycles. The van der Waals surface area contributed by atoms with Crippen molar-refractivity contribution in [2.24, 2.45) is 0 Å². The van der Waals surface area contributed by atoms with E-state index in [1.165, 1.54) is 6.20 Å². The van der Waals surface area contributed by atoms with Gasteiger partial charge in [0, 0.05) is 0 Å². The number of ether oxygens (including phenoxy) is 1. The van der Waals surface area contributed by atoms with E-state index in [2.05, 4.69) is 20.2 Å². The Kier molecular flexibility index (Phi) is 2.82. The van der Waals surface area contributed by atoms with Crippen LogP contribution < -0.4 is 5.56 Å². The predicted octanol–water partition coefficient (Wildman–Crippen LogP) is -2.20. The second-order valence-electron chi connectivity index (χ2n) is 4.34. The molecule has 2 aromatic rings. The number of aliphatic hydroxyl groups excluding tert-OH is 3. The number of hydrogen-bond acceptors (Lipinski definition) is 7. The summed E-state index contributed by atoms with van der Waals surface area (Å²) in [6.07, 6.45) is -3.10. The molecular formula is C10H12N4O5. The number of nitrogens with one attached hydrogen (secondary N) is 2. The number of hydrogen-bond donors (Lipinski definition) is 5. The second kappa shape index (κ2) is 4.38. The summed E-state index contributed by atoms with van der Waals surface area (Å²) < 4.78 is 5.28. The molecule has 1 aliphatic heterocycles. The molecule has 0 radical (unpaired) electrons. The molecular weight excluding hydrogens is 256 g/mol. The van der Waals surface area contributed by atoms with Crippen LogP contribution in [0.2, 0.25) is 0 Å². The Balaban J connectivity index is 2.03. The Morgan fingerprint density at radius 3 is 2.84 bits per heavy atom. The maximum atomic E-state index is 11.8. The lowest BCUT2D eigenvalue weighted by atomic mass is 10.1. The molecule has 1 fully saturated rings. The third-order valence-corrected chi connectivity index (χ3v) is 3.15. The monoisotopic (exact) mass is 268 g/mol. The van der Waals surface area contributed by atoms with Crippen molar-refractivity contribution in [2.45, 2.75) is 24.4 Å². The summed E-state index contributed by atoms with van der Waals surface area (Å²) in [6, 6.07) is 0. The van der Waals surface area contributed by atoms with Crippen LogP contribution in [0.15, 0.2) is 11.0 Å². The summed E-state index contributed by atoms with van der Waals surface area (Å²) in [4.78, 5) is 18.3. The van der Waals surface area contributed by atoms with E-state index in [-0.39, 0.29) is 16.9 Å². The lowest BCUT2D eigenvalue weighted by Gasteiger charge is -2.13. The Morgan fingerprint density at radius 1 is 1.37 bits per heavy atom. The van der Waals surface area contributed by atoms with Crippen LogP contribution in [0.5, 0.6) is 0 Å². The van der Waals surface area contributed by atoms with Gasteiger partial charge in [0.05, 0.1) is 12.8 Å². The van der Waals surface area contributed by atoms with Gasteiger partial charge in [-0.05, 0) is 0 Å². The summed E-state index contributed by atoms with van der Waals surface area (Å²) in [5, 5.41) is 35.0. The first-order valence-corrected chi connectivity index (χ1v) is 5.67. The number of aromatic amines is 2. The van der Waals surface area contributed by atoms with Gasteiger partial charge in [0.2, 0.25) is 0 Å². The highest BCUT2D eigenvalue weighted by Gasteiger charge is 2.44. The highest BCUT2D eigenvalue weighted by atomic mass is 16.6. The average Bonchev–Trinajstić information content (AvgIpc) is 2.96. The normalized spacial score (nSPS) is 31.1. The van der Waals surface area contributed by atoms with E-state index in [0.29, 0.717) is 0 Å². The van der Waals surface area contributed by atoms with Gasteiger partial charge in [0.25, 0.3) is 5.56 Å². The van der Waals surface area contributed by atoms with Crippen LogP contribution in [0, 0.1) is 0 Å². The van der Waals surface area contributed by atoms with Crippen molar-refractivity contribution < 1.29 is 20.1 Å². The van der Waals surface area contributed by atoms with E-state index in [1.54, 1.807) is 0 Å². The molecule has 4 atom stereocenters. The summed E-state index contributed by atoms with van der Waals surface area (Å²) >= 11 is 0. The van der Waals surface area contributed by atoms with Gasteiger partial charge in [0.15, 0.2) is 5.65 Å². The van der Waals surface area contributed by atoms with Gasteiger partial charge in [0.1, 0.15) is 35.6 Å². The highest BCUT2D eigenvalue weighted by molar-refractivity contribution is 5.72. The molecule has 9 heteroatoms. The quantitative estimate of drug-likeness (QED) is 0.415. The van der Waals surface area contributed by atoms with Crippen LogP contribution >= 0.6 is 0 Å². The molecule has 0 bridgehead atoms. The Hall–Kier alpha value is -1.81. The smallest absolute Gasteiger partial charge is 0.262 e. The fraction of sp³-hybridized carbons (Fsp3) is 0.500. The lowest BCUT2D eigenvalue weighted by Crippen LogP contribution is -2.32. The molecule has 5 N–H and O–H groups in total. The first-order valence-electron chi connectivity index (χ1n) is 5.67. The van der Waals surface area contributed by atoms with Crippen molar-refractivity contribution in [3.05, 3.63) is 22.4 Å². The van der Waals surface area contributed by atoms with Gasteiger partial charge in [-0.2, -0.15) is 5.10 Å². The molecule has 3 heterocycles. The van der Waals surface area contributed by atoms with Crippen LogP contribution in [-0.2, 0) is 4.74 Å². The molecule has 102 valence electrons. The summed E-state index contributed by atoms with van der Waals surface area (Å²) in [5.74, 6) is 0.0734. The van der Waals surface area contributed by atoms with E-state index in [4.69, 9.17) is 9.84 Å². The minimum atomic E-state index is -1.28. The standard InChI is InChI=1S/C10H12N4O5/c15-2-4-5(16)6(17)7(19-4)9-12-8-3(1-11-14-8)10(18)13-9/h1,4-7,15-17H,2H2,(H2,11,12,13,14,18)/t4-,5-,6-,7-/m0/s1. The first kappa shape index (κ1) is 12.2. The number of aliphatic hydroxyl groups is 3. The Morgan fingerprint density at radius 2 is 2.16 bits per heavy atom. The second-order valence-corrected chi connectivity index (χ2v) is 4.34. The van der Waals surface area contributed by atoms with Crippen molar-refractivity contribution in [3.8, 4) is 0 Å². The zero-order valence-corrected chi connectivity index (χ0v) is 9.65. The van der Waals surface area contributed by atoms with Gasteiger partial charge < -0.3 is 25.0 Å². The predicted molar refractivity (Wildman–Crippen MR) is 61.2 cm³/mol. The van der Waals surface area contributed by atoms with E-state index in [9.17, 15) is 15.0 Å². The molecule has 0 spiro atoms. The summed E-state index contributed by atoms with van der Waals surface area (Å²) in [5.41, 5.74) is -0.164. The van der Waals surface area contributed by atoms with Crippen molar-refractivity contribution in [3.63, 3.8) is 0 Å². The molecule has 1 aliphatic rings. The molecule has 2 aromatic heterocycles. The molecule has 9 nitrogen and oxygen atoms in total. The zero-order valence-electron chi connectivity index (χ0n) is 9.65. The van der Waals surface area contributed by atoms with Crippen LogP contribution in [-0.4, -0.2) is 60.4 Å². The molecule has 0 amide bonds. The van der Waals surface area contributed by atoms with Crippen molar-refractivity contribution in [2.75, 3.05) is 6.61 Å². The lowest BCUT2D eigenvalue weighted by molar-refractivity contribution is -0.0252. The zero-order chi connectivity index (χ0) is 13.6. The highest BCUT2D eigenvalue weighted by Crippen LogP contribution is 2.31. The number of rotatable bonds is 2. The number of H-pyrrole nitrogens is 2. The fourth-order valence-corrected chi connectivity index (χ4v) is 2.12. The SMILES string of the molecule is O=c1[nH]c([C@H]2O[C@@H](CO)[C@H](O)[C@@H]2O)nc2[nH]ncc12. The van der Waals surface area contributed by atoms with Gasteiger partial charge >= 0.3 is 0 Å². The molecule has 0 aromatic carbocycles. The van der Waals surface area contributed by atoms with E-state index in [0.717, 1.165) is 0 Å². The van der Waals surface area contributed by atoms with Crippen molar-refractivity contribution in [1.29, 1.82) is 0 Å². The van der Waals surface area contributed by atoms with E-state index < -0.39 is 36.6 Å². The van der Waals surface area contributed by atoms with Crippen molar-refractivity contribution in [1.82, 2.24) is 20.2 Å². The van der Waals surface area contributed by atoms with Crippen LogP contribution in [0.25, 0.3) is 11.0 Å². The largest absolute Gasteiger partial charge is 0.394 e. The maximum absolute atomic E-state index is 11.8. The van der Waals surface area contributed by atoms with Gasteiger partial charge in [-0.25, -0.2) is 4.98 Å². The van der Waals surface area contributed by atoms with Crippen LogP contribution in [0.1, 0.15) is 11.9 Å². The Bertz CT molecular complexity index is 653. The third kappa shape index (κ3) is 1.83. The fourth-order valence-electron chi connectivity index (χ4n) is 2.12. The first-order chi connectivity index (χ1) is 9.11. The Labute approximate surface area is 105 Å². The molecule has 0 aliphatic carbocycles. The number of nitrogens with zero attached hydrogens (tertiary/aromatic N) is 2. The van der Waals surface area contributed by atoms with Crippen molar-refractivity contribution >= 4 is 11.0 Å². The van der Waals surface area contributed by atoms with E-state index in [1.807, 2.05) is 0 Å². The van der Waals surface area contributed by atoms with Gasteiger partial charge in [-0.15, -0.1) is 0 Å². The van der Waals surface area contributed by atoms with Crippen LogP contribution in [0.3, 0.4) is 0 Å². The molecule has 0 unspecified atom stereocenters.